The van der Waals surface area contributed by atoms with Crippen molar-refractivity contribution in [3.05, 3.63) is 42.5 Å². The zero-order chi connectivity index (χ0) is 10.8. The van der Waals surface area contributed by atoms with Gasteiger partial charge in [-0.15, -0.1) is 6.58 Å². The third-order valence-corrected chi connectivity index (χ3v) is 2.46. The maximum Gasteiger partial charge on any atom is 0.294 e. The van der Waals surface area contributed by atoms with E-state index < -0.39 is 10.1 Å². The highest BCUT2D eigenvalue weighted by molar-refractivity contribution is 7.85. The van der Waals surface area contributed by atoms with Gasteiger partial charge < -0.3 is 0 Å². The lowest BCUT2D eigenvalue weighted by molar-refractivity contribution is 0.482. The van der Waals surface area contributed by atoms with Crippen molar-refractivity contribution in [2.75, 3.05) is 0 Å². The first-order valence-corrected chi connectivity index (χ1v) is 5.07. The average Bonchev–Trinajstić information content (AvgIpc) is 2.07. The summed E-state index contributed by atoms with van der Waals surface area (Å²) in [7, 11) is -4.25. The largest absolute Gasteiger partial charge is 0.294 e. The molecule has 0 heterocycles. The molecule has 0 saturated heterocycles. The fourth-order valence-electron chi connectivity index (χ4n) is 1.00. The summed E-state index contributed by atoms with van der Waals surface area (Å²) in [6, 6.07) is 4.23. The van der Waals surface area contributed by atoms with Crippen LogP contribution in [0.15, 0.2) is 41.8 Å². The number of allylic oxidation sites excluding steroid dienone is 1. The van der Waals surface area contributed by atoms with Crippen LogP contribution in [0.3, 0.4) is 0 Å². The maximum absolute atomic E-state index is 10.9. The fourth-order valence-corrected chi connectivity index (χ4v) is 1.71. The molecule has 1 N–H and O–H groups in total. The van der Waals surface area contributed by atoms with Crippen molar-refractivity contribution in [3.63, 3.8) is 0 Å². The van der Waals surface area contributed by atoms with E-state index in [9.17, 15) is 8.42 Å². The van der Waals surface area contributed by atoms with Crippen LogP contribution < -0.4 is 0 Å². The van der Waals surface area contributed by atoms with Gasteiger partial charge in [-0.05, 0) is 18.1 Å². The van der Waals surface area contributed by atoms with Crippen LogP contribution >= 0.6 is 0 Å². The smallest absolute Gasteiger partial charge is 0.282 e. The number of rotatable bonds is 3. The van der Waals surface area contributed by atoms with E-state index in [0.29, 0.717) is 0 Å². The van der Waals surface area contributed by atoms with Crippen LogP contribution in [0, 0.1) is 0 Å². The molecule has 0 fully saturated rings. The first-order valence-electron chi connectivity index (χ1n) is 4.13. The molecular formula is C9H10O3S. The molecule has 0 aliphatic heterocycles. The molecule has 3 nitrogen and oxygen atoms in total. The minimum atomic E-state index is -4.25. The van der Waals surface area contributed by atoms with Gasteiger partial charge in [0, 0.05) is 0 Å². The van der Waals surface area contributed by atoms with Gasteiger partial charge in [0.1, 0.15) is 0 Å². The quantitative estimate of drug-likeness (QED) is 0.595. The van der Waals surface area contributed by atoms with Crippen molar-refractivity contribution in [3.8, 4) is 0 Å². The highest BCUT2D eigenvalue weighted by atomic mass is 32.2. The summed E-state index contributed by atoms with van der Waals surface area (Å²) in [4.78, 5) is -0.218. The minimum absolute atomic E-state index is 0.0834. The van der Waals surface area contributed by atoms with Crippen LogP contribution in [0.4, 0.5) is 0 Å². The molecule has 0 saturated carbocycles. The molecule has 0 bridgehead atoms. The monoisotopic (exact) mass is 199 g/mol. The van der Waals surface area contributed by atoms with Crippen LogP contribution in [0.2, 0.25) is 0 Å². The zero-order valence-corrected chi connectivity index (χ0v) is 7.71. The van der Waals surface area contributed by atoms with Gasteiger partial charge in [0.25, 0.3) is 10.1 Å². The Balaban J connectivity index is 3.43. The lowest BCUT2D eigenvalue weighted by atomic mass is 10.1. The van der Waals surface area contributed by atoms with Gasteiger partial charge in [-0.2, -0.15) is 8.42 Å². The lowest BCUT2D eigenvalue weighted by Gasteiger charge is -2.02. The zero-order valence-electron chi connectivity index (χ0n) is 7.90. The van der Waals surface area contributed by atoms with Gasteiger partial charge in [-0.25, -0.2) is 0 Å². The minimum Gasteiger partial charge on any atom is -0.282 e. The molecule has 0 unspecified atom stereocenters. The standard InChI is InChI=1S/C9H10O3S/c1-2-5-8-6-3-4-7-9(8)13(10,11)12/h2-4,6-7H,1,5H2,(H,10,11,12)/i6D. The van der Waals surface area contributed by atoms with E-state index in [0.717, 1.165) is 0 Å². The molecule has 0 aromatic heterocycles. The Morgan fingerprint density at radius 3 is 2.85 bits per heavy atom. The Morgan fingerprint density at radius 1 is 1.62 bits per heavy atom. The third-order valence-electron chi connectivity index (χ3n) is 1.53. The molecule has 13 heavy (non-hydrogen) atoms. The molecule has 1 rings (SSSR count). The van der Waals surface area contributed by atoms with Crippen molar-refractivity contribution >= 4 is 10.1 Å². The molecule has 1 aromatic rings. The Bertz CT molecular complexity index is 451. The highest BCUT2D eigenvalue weighted by Crippen LogP contribution is 2.15. The molecular weight excluding hydrogens is 188 g/mol. The molecule has 4 heteroatoms. The molecule has 0 radical (unpaired) electrons. The summed E-state index contributed by atoms with van der Waals surface area (Å²) in [6.07, 6.45) is 1.73. The van der Waals surface area contributed by atoms with Gasteiger partial charge in [0.05, 0.1) is 6.27 Å². The van der Waals surface area contributed by atoms with E-state index in [1.54, 1.807) is 0 Å². The topological polar surface area (TPSA) is 54.4 Å². The molecule has 0 aliphatic carbocycles. The normalized spacial score (nSPS) is 12.2. The maximum atomic E-state index is 10.9. The van der Waals surface area contributed by atoms with Gasteiger partial charge >= 0.3 is 0 Å². The summed E-state index contributed by atoms with van der Waals surface area (Å²) < 4.78 is 38.2. The first-order chi connectivity index (χ1) is 6.46. The van der Waals surface area contributed by atoms with Crippen molar-refractivity contribution in [1.82, 2.24) is 0 Å². The van der Waals surface area contributed by atoms with E-state index in [2.05, 4.69) is 6.58 Å². The number of benzene rings is 1. The molecule has 0 aliphatic rings. The van der Waals surface area contributed by atoms with Crippen molar-refractivity contribution in [2.45, 2.75) is 11.3 Å². The summed E-state index contributed by atoms with van der Waals surface area (Å²) in [5, 5.41) is 0. The van der Waals surface area contributed by atoms with Gasteiger partial charge in [-0.1, -0.05) is 24.3 Å². The Labute approximate surface area is 78.9 Å². The second kappa shape index (κ2) is 3.72. The van der Waals surface area contributed by atoms with E-state index in [4.69, 9.17) is 5.92 Å². The van der Waals surface area contributed by atoms with E-state index in [-0.39, 0.29) is 22.9 Å². The van der Waals surface area contributed by atoms with Crippen LogP contribution in [0.5, 0.6) is 0 Å². The highest BCUT2D eigenvalue weighted by Gasteiger charge is 2.12. The average molecular weight is 199 g/mol. The molecule has 0 spiro atoms. The van der Waals surface area contributed by atoms with Crippen LogP contribution in [-0.4, -0.2) is 13.0 Å². The van der Waals surface area contributed by atoms with Gasteiger partial charge in [0.2, 0.25) is 0 Å². The van der Waals surface area contributed by atoms with E-state index in [1.165, 1.54) is 24.3 Å². The number of hydrogen-bond acceptors (Lipinski definition) is 2. The van der Waals surface area contributed by atoms with E-state index in [1.807, 2.05) is 0 Å². The summed E-state index contributed by atoms with van der Waals surface area (Å²) >= 11 is 0. The lowest BCUT2D eigenvalue weighted by Crippen LogP contribution is -2.02. The summed E-state index contributed by atoms with van der Waals surface area (Å²) in [6.45, 7) is 3.46. The Hall–Kier alpha value is -1.13. The van der Waals surface area contributed by atoms with Crippen molar-refractivity contribution < 1.29 is 14.3 Å². The summed E-state index contributed by atoms with van der Waals surface area (Å²) in [5.41, 5.74) is 0.269. The molecule has 0 amide bonds. The predicted molar refractivity (Wildman–Crippen MR) is 50.2 cm³/mol. The van der Waals surface area contributed by atoms with Crippen LogP contribution in [-0.2, 0) is 16.5 Å². The van der Waals surface area contributed by atoms with Crippen molar-refractivity contribution in [2.24, 2.45) is 0 Å². The van der Waals surface area contributed by atoms with Crippen molar-refractivity contribution in [1.29, 1.82) is 0 Å². The SMILES string of the molecule is [2H]c1cccc(S(=O)(=O)O)c1CC=C. The second-order valence-corrected chi connectivity index (χ2v) is 3.87. The van der Waals surface area contributed by atoms with Gasteiger partial charge in [0.15, 0.2) is 0 Å². The first kappa shape index (κ1) is 8.47. The molecule has 1 aromatic carbocycles. The van der Waals surface area contributed by atoms with Crippen LogP contribution in [0.1, 0.15) is 6.93 Å². The van der Waals surface area contributed by atoms with Gasteiger partial charge in [-0.3, -0.25) is 4.55 Å². The van der Waals surface area contributed by atoms with Crippen LogP contribution in [0.25, 0.3) is 0 Å². The second-order valence-electron chi connectivity index (χ2n) is 2.48. The fraction of sp³-hybridized carbons (Fsp3) is 0.111. The molecule has 0 atom stereocenters. The molecule has 70 valence electrons. The predicted octanol–water partition coefficient (Wildman–Crippen LogP) is 1.66. The summed E-state index contributed by atoms with van der Waals surface area (Å²) in [5.74, 6) is 0. The van der Waals surface area contributed by atoms with E-state index >= 15 is 0 Å². The third kappa shape index (κ3) is 2.40. The Kier molecular flexibility index (Phi) is 2.42. The Morgan fingerprint density at radius 2 is 2.31 bits per heavy atom. The number of hydrogen-bond donors (Lipinski definition) is 1.